The number of rotatable bonds is 5. The zero-order chi connectivity index (χ0) is 14.8. The lowest BCUT2D eigenvalue weighted by atomic mass is 9.95. The van der Waals surface area contributed by atoms with Gasteiger partial charge < -0.3 is 10.1 Å². The van der Waals surface area contributed by atoms with Crippen LogP contribution in [0.4, 0.5) is 0 Å². The Bertz CT molecular complexity index is 637. The number of halogens is 1. The maximum atomic E-state index is 5.91. The Hall–Kier alpha value is -1.32. The molecule has 0 bridgehead atoms. The molecule has 1 atom stereocenters. The van der Waals surface area contributed by atoms with Crippen LogP contribution in [-0.2, 0) is 0 Å². The van der Waals surface area contributed by atoms with E-state index in [0.29, 0.717) is 6.10 Å². The third kappa shape index (κ3) is 3.47. The van der Waals surface area contributed by atoms with E-state index in [1.54, 1.807) is 0 Å². The molecule has 0 spiro atoms. The van der Waals surface area contributed by atoms with E-state index in [9.17, 15) is 0 Å². The Morgan fingerprint density at radius 1 is 1.19 bits per heavy atom. The van der Waals surface area contributed by atoms with Gasteiger partial charge in [-0.2, -0.15) is 0 Å². The highest BCUT2D eigenvalue weighted by Crippen LogP contribution is 2.31. The molecule has 0 heterocycles. The average molecular weight is 346 g/mol. The first kappa shape index (κ1) is 14.6. The van der Waals surface area contributed by atoms with Crippen molar-refractivity contribution in [3.05, 3.63) is 63.6 Å². The van der Waals surface area contributed by atoms with Crippen LogP contribution in [0.3, 0.4) is 0 Å². The summed E-state index contributed by atoms with van der Waals surface area (Å²) in [6.07, 6.45) is 2.80. The third-order valence-electron chi connectivity index (χ3n) is 3.86. The van der Waals surface area contributed by atoms with Crippen LogP contribution in [0, 0.1) is 6.92 Å². The average Bonchev–Trinajstić information content (AvgIpc) is 3.28. The molecule has 1 fully saturated rings. The van der Waals surface area contributed by atoms with E-state index in [4.69, 9.17) is 4.74 Å². The van der Waals surface area contributed by atoms with Gasteiger partial charge in [0.15, 0.2) is 0 Å². The first-order chi connectivity index (χ1) is 10.2. The lowest BCUT2D eigenvalue weighted by Crippen LogP contribution is -2.18. The SMILES string of the molecule is CNC(c1cccc(OC2CC2)c1)c1cc(Br)ccc1C. The van der Waals surface area contributed by atoms with Crippen molar-refractivity contribution in [3.8, 4) is 5.75 Å². The van der Waals surface area contributed by atoms with E-state index in [1.807, 2.05) is 13.1 Å². The fourth-order valence-corrected chi connectivity index (χ4v) is 2.95. The molecule has 1 unspecified atom stereocenters. The van der Waals surface area contributed by atoms with Gasteiger partial charge in [-0.25, -0.2) is 0 Å². The number of nitrogens with one attached hydrogen (secondary N) is 1. The molecular weight excluding hydrogens is 326 g/mol. The lowest BCUT2D eigenvalue weighted by molar-refractivity contribution is 0.302. The topological polar surface area (TPSA) is 21.3 Å². The summed E-state index contributed by atoms with van der Waals surface area (Å²) < 4.78 is 7.02. The predicted molar refractivity (Wildman–Crippen MR) is 89.9 cm³/mol. The number of hydrogen-bond acceptors (Lipinski definition) is 2. The molecule has 21 heavy (non-hydrogen) atoms. The largest absolute Gasteiger partial charge is 0.490 e. The van der Waals surface area contributed by atoms with E-state index in [2.05, 4.69) is 64.6 Å². The molecule has 0 saturated heterocycles. The van der Waals surface area contributed by atoms with Crippen molar-refractivity contribution in [1.82, 2.24) is 5.32 Å². The fourth-order valence-electron chi connectivity index (χ4n) is 2.57. The summed E-state index contributed by atoms with van der Waals surface area (Å²) in [4.78, 5) is 0. The Kier molecular flexibility index (Phi) is 4.32. The minimum Gasteiger partial charge on any atom is -0.490 e. The van der Waals surface area contributed by atoms with Gasteiger partial charge >= 0.3 is 0 Å². The van der Waals surface area contributed by atoms with Crippen LogP contribution in [-0.4, -0.2) is 13.2 Å². The van der Waals surface area contributed by atoms with E-state index in [-0.39, 0.29) is 6.04 Å². The molecule has 3 rings (SSSR count). The number of aryl methyl sites for hydroxylation is 1. The van der Waals surface area contributed by atoms with Gasteiger partial charge in [-0.05, 0) is 67.8 Å². The second-order valence-corrected chi connectivity index (χ2v) is 6.53. The number of benzene rings is 2. The molecule has 0 aromatic heterocycles. The Morgan fingerprint density at radius 3 is 2.71 bits per heavy atom. The van der Waals surface area contributed by atoms with E-state index < -0.39 is 0 Å². The second-order valence-electron chi connectivity index (χ2n) is 5.61. The second kappa shape index (κ2) is 6.20. The van der Waals surface area contributed by atoms with Crippen LogP contribution in [0.25, 0.3) is 0 Å². The monoisotopic (exact) mass is 345 g/mol. The molecule has 0 radical (unpaired) electrons. The van der Waals surface area contributed by atoms with Crippen molar-refractivity contribution in [2.75, 3.05) is 7.05 Å². The van der Waals surface area contributed by atoms with Crippen molar-refractivity contribution in [1.29, 1.82) is 0 Å². The molecule has 2 nitrogen and oxygen atoms in total. The summed E-state index contributed by atoms with van der Waals surface area (Å²) in [5, 5.41) is 3.42. The first-order valence-corrected chi connectivity index (χ1v) is 8.16. The summed E-state index contributed by atoms with van der Waals surface area (Å²) in [6.45, 7) is 2.15. The number of hydrogen-bond donors (Lipinski definition) is 1. The smallest absolute Gasteiger partial charge is 0.120 e. The number of ether oxygens (including phenoxy) is 1. The Balaban J connectivity index is 1.93. The van der Waals surface area contributed by atoms with Crippen molar-refractivity contribution >= 4 is 15.9 Å². The van der Waals surface area contributed by atoms with Gasteiger partial charge in [0.2, 0.25) is 0 Å². The van der Waals surface area contributed by atoms with Crippen LogP contribution < -0.4 is 10.1 Å². The molecule has 1 saturated carbocycles. The summed E-state index contributed by atoms with van der Waals surface area (Å²) in [7, 11) is 2.00. The summed E-state index contributed by atoms with van der Waals surface area (Å²) in [5.74, 6) is 0.975. The maximum Gasteiger partial charge on any atom is 0.120 e. The molecule has 3 heteroatoms. The summed E-state index contributed by atoms with van der Waals surface area (Å²) in [6, 6.07) is 15.0. The zero-order valence-electron chi connectivity index (χ0n) is 12.4. The van der Waals surface area contributed by atoms with Gasteiger partial charge in [0.05, 0.1) is 12.1 Å². The van der Waals surface area contributed by atoms with E-state index >= 15 is 0 Å². The molecule has 2 aromatic rings. The highest BCUT2D eigenvalue weighted by atomic mass is 79.9. The van der Waals surface area contributed by atoms with Gasteiger partial charge in [-0.1, -0.05) is 34.1 Å². The van der Waals surface area contributed by atoms with Crippen molar-refractivity contribution in [3.63, 3.8) is 0 Å². The minimum absolute atomic E-state index is 0.172. The summed E-state index contributed by atoms with van der Waals surface area (Å²) in [5.41, 5.74) is 3.80. The molecule has 1 aliphatic rings. The normalized spacial score (nSPS) is 15.8. The van der Waals surface area contributed by atoms with E-state index in [0.717, 1.165) is 10.2 Å². The Morgan fingerprint density at radius 2 is 2.00 bits per heavy atom. The molecule has 1 N–H and O–H groups in total. The van der Waals surface area contributed by atoms with Crippen molar-refractivity contribution in [2.45, 2.75) is 31.9 Å². The van der Waals surface area contributed by atoms with Crippen molar-refractivity contribution in [2.24, 2.45) is 0 Å². The summed E-state index contributed by atoms with van der Waals surface area (Å²) >= 11 is 3.57. The van der Waals surface area contributed by atoms with Crippen LogP contribution in [0.2, 0.25) is 0 Å². The van der Waals surface area contributed by atoms with Gasteiger partial charge in [-0.3, -0.25) is 0 Å². The fraction of sp³-hybridized carbons (Fsp3) is 0.333. The molecule has 0 amide bonds. The van der Waals surface area contributed by atoms with Crippen molar-refractivity contribution < 1.29 is 4.74 Å². The highest BCUT2D eigenvalue weighted by Gasteiger charge is 2.24. The zero-order valence-corrected chi connectivity index (χ0v) is 14.0. The molecule has 2 aromatic carbocycles. The van der Waals surface area contributed by atoms with Crippen LogP contribution in [0.15, 0.2) is 46.9 Å². The quantitative estimate of drug-likeness (QED) is 0.854. The van der Waals surface area contributed by atoms with Gasteiger partial charge in [0.1, 0.15) is 5.75 Å². The highest BCUT2D eigenvalue weighted by molar-refractivity contribution is 9.10. The van der Waals surface area contributed by atoms with Gasteiger partial charge in [0.25, 0.3) is 0 Å². The van der Waals surface area contributed by atoms with Crippen LogP contribution in [0.5, 0.6) is 5.75 Å². The molecule has 0 aliphatic heterocycles. The van der Waals surface area contributed by atoms with Gasteiger partial charge in [-0.15, -0.1) is 0 Å². The standard InChI is InChI=1S/C18H20BrNO/c1-12-6-7-14(19)11-17(12)18(20-2)13-4-3-5-16(10-13)21-15-8-9-15/h3-7,10-11,15,18,20H,8-9H2,1-2H3. The Labute approximate surface area is 134 Å². The lowest BCUT2D eigenvalue weighted by Gasteiger charge is -2.20. The maximum absolute atomic E-state index is 5.91. The molecule has 1 aliphatic carbocycles. The van der Waals surface area contributed by atoms with E-state index in [1.165, 1.54) is 29.5 Å². The first-order valence-electron chi connectivity index (χ1n) is 7.37. The van der Waals surface area contributed by atoms with Gasteiger partial charge in [0, 0.05) is 4.47 Å². The predicted octanol–water partition coefficient (Wildman–Crippen LogP) is 4.61. The minimum atomic E-state index is 0.172. The third-order valence-corrected chi connectivity index (χ3v) is 4.35. The van der Waals surface area contributed by atoms with Crippen LogP contribution >= 0.6 is 15.9 Å². The van der Waals surface area contributed by atoms with Crippen LogP contribution in [0.1, 0.15) is 35.6 Å². The molecular formula is C18H20BrNO. The molecule has 110 valence electrons.